The Hall–Kier alpha value is 0.400. The average Bonchev–Trinajstić information content (AvgIpc) is 2.53. The minimum absolute atomic E-state index is 0.358. The fourth-order valence-electron chi connectivity index (χ4n) is 2.59. The molecule has 1 saturated heterocycles. The fraction of sp³-hybridized carbons (Fsp3) is 1.00. The molecule has 0 aromatic rings. The van der Waals surface area contributed by atoms with Gasteiger partial charge in [-0.25, -0.2) is 0 Å². The van der Waals surface area contributed by atoms with E-state index in [0.717, 1.165) is 13.2 Å². The lowest BCUT2D eigenvalue weighted by Gasteiger charge is -2.26. The molecule has 1 aliphatic carbocycles. The van der Waals surface area contributed by atoms with Gasteiger partial charge in [0.1, 0.15) is 0 Å². The molecular weight excluding hydrogens is 268 g/mol. The third kappa shape index (κ3) is 4.01. The highest BCUT2D eigenvalue weighted by Crippen LogP contribution is 2.26. The van der Waals surface area contributed by atoms with Gasteiger partial charge in [0.2, 0.25) is 0 Å². The lowest BCUT2D eigenvalue weighted by molar-refractivity contribution is -0.0638. The van der Waals surface area contributed by atoms with Crippen LogP contribution in [0.1, 0.15) is 51.4 Å². The van der Waals surface area contributed by atoms with Crippen LogP contribution in [0.5, 0.6) is 0 Å². The second-order valence-corrected chi connectivity index (χ2v) is 6.19. The summed E-state index contributed by atoms with van der Waals surface area (Å²) in [6.45, 7) is 1.73. The van der Waals surface area contributed by atoms with E-state index in [1.165, 1.54) is 51.4 Å². The zero-order valence-corrected chi connectivity index (χ0v) is 11.6. The van der Waals surface area contributed by atoms with E-state index >= 15 is 0 Å². The molecular formula is C13H23BrO2. The van der Waals surface area contributed by atoms with Crippen molar-refractivity contribution in [1.29, 1.82) is 0 Å². The highest BCUT2D eigenvalue weighted by atomic mass is 79.9. The van der Waals surface area contributed by atoms with Crippen LogP contribution in [0.25, 0.3) is 0 Å². The molecule has 1 saturated carbocycles. The largest absolute Gasteiger partial charge is 0.376 e. The Balaban J connectivity index is 1.70. The van der Waals surface area contributed by atoms with Crippen LogP contribution >= 0.6 is 15.9 Å². The smallest absolute Gasteiger partial charge is 0.0808 e. The van der Waals surface area contributed by atoms with Gasteiger partial charge in [0, 0.05) is 11.4 Å². The van der Waals surface area contributed by atoms with Gasteiger partial charge < -0.3 is 9.47 Å². The topological polar surface area (TPSA) is 18.5 Å². The van der Waals surface area contributed by atoms with Crippen molar-refractivity contribution in [3.05, 3.63) is 0 Å². The molecule has 2 fully saturated rings. The summed E-state index contributed by atoms with van der Waals surface area (Å²) in [4.78, 5) is 0.554. The normalized spacial score (nSPS) is 36.9. The Labute approximate surface area is 107 Å². The van der Waals surface area contributed by atoms with Crippen molar-refractivity contribution in [2.24, 2.45) is 0 Å². The van der Waals surface area contributed by atoms with Gasteiger partial charge in [-0.3, -0.25) is 0 Å². The Morgan fingerprint density at radius 3 is 2.62 bits per heavy atom. The Morgan fingerprint density at radius 1 is 1.00 bits per heavy atom. The van der Waals surface area contributed by atoms with Gasteiger partial charge in [0.05, 0.1) is 18.8 Å². The lowest BCUT2D eigenvalue weighted by atomic mass is 10.1. The van der Waals surface area contributed by atoms with Gasteiger partial charge in [-0.2, -0.15) is 0 Å². The molecule has 0 amide bonds. The molecule has 94 valence electrons. The fourth-order valence-corrected chi connectivity index (χ4v) is 3.33. The second-order valence-electron chi connectivity index (χ2n) is 5.01. The molecule has 0 N–H and O–H groups in total. The van der Waals surface area contributed by atoms with Crippen LogP contribution in [0.15, 0.2) is 0 Å². The Morgan fingerprint density at radius 2 is 1.81 bits per heavy atom. The summed E-state index contributed by atoms with van der Waals surface area (Å²) in [6, 6.07) is 0. The molecule has 0 aromatic heterocycles. The molecule has 2 rings (SSSR count). The first-order valence-corrected chi connectivity index (χ1v) is 7.65. The van der Waals surface area contributed by atoms with Gasteiger partial charge in [-0.1, -0.05) is 35.2 Å². The number of rotatable bonds is 3. The summed E-state index contributed by atoms with van der Waals surface area (Å²) in [5.74, 6) is 0. The number of hydrogen-bond acceptors (Lipinski definition) is 2. The monoisotopic (exact) mass is 290 g/mol. The molecule has 2 aliphatic rings. The molecule has 3 heteroatoms. The molecule has 1 heterocycles. The van der Waals surface area contributed by atoms with Crippen molar-refractivity contribution >= 4 is 15.9 Å². The molecule has 2 nitrogen and oxygen atoms in total. The first kappa shape index (κ1) is 12.8. The summed E-state index contributed by atoms with van der Waals surface area (Å²) < 4.78 is 11.7. The quantitative estimate of drug-likeness (QED) is 0.583. The number of halogens is 1. The van der Waals surface area contributed by atoms with Crippen molar-refractivity contribution < 1.29 is 9.47 Å². The third-order valence-electron chi connectivity index (χ3n) is 3.64. The van der Waals surface area contributed by atoms with Crippen molar-refractivity contribution in [1.82, 2.24) is 0 Å². The van der Waals surface area contributed by atoms with Gasteiger partial charge in [-0.15, -0.1) is 0 Å². The summed E-state index contributed by atoms with van der Waals surface area (Å²) >= 11 is 3.76. The summed E-state index contributed by atoms with van der Waals surface area (Å²) in [7, 11) is 0. The van der Waals surface area contributed by atoms with Gasteiger partial charge in [0.25, 0.3) is 0 Å². The van der Waals surface area contributed by atoms with Crippen LogP contribution in [0.3, 0.4) is 0 Å². The standard InChI is InChI=1S/C13H23BrO2/c14-12-7-2-1-3-8-13(12)16-10-11-6-4-5-9-15-11/h11-13H,1-10H2. The predicted octanol–water partition coefficient (Wildman–Crippen LogP) is 3.67. The minimum atomic E-state index is 0.358. The van der Waals surface area contributed by atoms with Crippen LogP contribution in [0.2, 0.25) is 0 Å². The predicted molar refractivity (Wildman–Crippen MR) is 69.1 cm³/mol. The lowest BCUT2D eigenvalue weighted by Crippen LogP contribution is -2.30. The van der Waals surface area contributed by atoms with Gasteiger partial charge in [0.15, 0.2) is 0 Å². The van der Waals surface area contributed by atoms with Crippen LogP contribution < -0.4 is 0 Å². The zero-order valence-electron chi connectivity index (χ0n) is 10.00. The van der Waals surface area contributed by atoms with E-state index in [-0.39, 0.29) is 0 Å². The van der Waals surface area contributed by atoms with Crippen molar-refractivity contribution in [3.8, 4) is 0 Å². The van der Waals surface area contributed by atoms with Crippen LogP contribution in [0.4, 0.5) is 0 Å². The first-order chi connectivity index (χ1) is 7.86. The second kappa shape index (κ2) is 6.97. The van der Waals surface area contributed by atoms with E-state index in [9.17, 15) is 0 Å². The van der Waals surface area contributed by atoms with Crippen molar-refractivity contribution in [2.45, 2.75) is 68.4 Å². The summed E-state index contributed by atoms with van der Waals surface area (Å²) in [5.41, 5.74) is 0. The first-order valence-electron chi connectivity index (χ1n) is 6.73. The molecule has 0 aromatic carbocycles. The van der Waals surface area contributed by atoms with E-state index < -0.39 is 0 Å². The number of ether oxygens (including phenoxy) is 2. The molecule has 0 radical (unpaired) electrons. The molecule has 16 heavy (non-hydrogen) atoms. The SMILES string of the molecule is BrC1CCCCCC1OCC1CCCCO1. The highest BCUT2D eigenvalue weighted by molar-refractivity contribution is 9.09. The van der Waals surface area contributed by atoms with Gasteiger partial charge in [-0.05, 0) is 32.1 Å². The highest BCUT2D eigenvalue weighted by Gasteiger charge is 2.23. The Bertz CT molecular complexity index is 192. The molecule has 1 aliphatic heterocycles. The van der Waals surface area contributed by atoms with E-state index in [2.05, 4.69) is 15.9 Å². The van der Waals surface area contributed by atoms with Crippen LogP contribution in [-0.2, 0) is 9.47 Å². The number of alkyl halides is 1. The summed E-state index contributed by atoms with van der Waals surface area (Å²) in [5, 5.41) is 0. The maximum atomic E-state index is 6.04. The maximum Gasteiger partial charge on any atom is 0.0808 e. The van der Waals surface area contributed by atoms with E-state index in [4.69, 9.17) is 9.47 Å². The zero-order chi connectivity index (χ0) is 11.2. The average molecular weight is 291 g/mol. The Kier molecular flexibility index (Phi) is 5.60. The van der Waals surface area contributed by atoms with Gasteiger partial charge >= 0.3 is 0 Å². The van der Waals surface area contributed by atoms with Crippen LogP contribution in [0, 0.1) is 0 Å². The summed E-state index contributed by atoms with van der Waals surface area (Å²) in [6.07, 6.45) is 11.0. The molecule has 0 spiro atoms. The van der Waals surface area contributed by atoms with E-state index in [1.54, 1.807) is 0 Å². The molecule has 3 atom stereocenters. The van der Waals surface area contributed by atoms with Crippen molar-refractivity contribution in [3.63, 3.8) is 0 Å². The van der Waals surface area contributed by atoms with Crippen molar-refractivity contribution in [2.75, 3.05) is 13.2 Å². The van der Waals surface area contributed by atoms with E-state index in [0.29, 0.717) is 17.0 Å². The number of hydrogen-bond donors (Lipinski definition) is 0. The molecule has 0 bridgehead atoms. The maximum absolute atomic E-state index is 6.04. The van der Waals surface area contributed by atoms with E-state index in [1.807, 2.05) is 0 Å². The minimum Gasteiger partial charge on any atom is -0.376 e. The molecule has 3 unspecified atom stereocenters. The van der Waals surface area contributed by atoms with Crippen LogP contribution in [-0.4, -0.2) is 30.2 Å². The third-order valence-corrected chi connectivity index (χ3v) is 4.69.